The first-order valence-electron chi connectivity index (χ1n) is 10.6. The van der Waals surface area contributed by atoms with Crippen LogP contribution >= 0.6 is 23.2 Å². The SMILES string of the molecule is COc1ccc2[nH]c3c(C)c4ccnc(NCCCN(CCCl)CCCl)c4cc3c2c1. The molecule has 0 aliphatic heterocycles. The van der Waals surface area contributed by atoms with E-state index in [4.69, 9.17) is 27.9 Å². The third-order valence-electron chi connectivity index (χ3n) is 5.85. The number of hydrogen-bond acceptors (Lipinski definition) is 4. The van der Waals surface area contributed by atoms with Crippen molar-refractivity contribution >= 4 is 61.6 Å². The van der Waals surface area contributed by atoms with Crippen molar-refractivity contribution in [1.82, 2.24) is 14.9 Å². The second kappa shape index (κ2) is 9.94. The van der Waals surface area contributed by atoms with Gasteiger partial charge in [0, 0.05) is 59.3 Å². The topological polar surface area (TPSA) is 53.2 Å². The smallest absolute Gasteiger partial charge is 0.133 e. The van der Waals surface area contributed by atoms with Crippen molar-refractivity contribution in [2.75, 3.05) is 50.4 Å². The number of benzene rings is 2. The van der Waals surface area contributed by atoms with Gasteiger partial charge in [-0.1, -0.05) is 0 Å². The summed E-state index contributed by atoms with van der Waals surface area (Å²) in [5.41, 5.74) is 3.49. The lowest BCUT2D eigenvalue weighted by Gasteiger charge is -2.20. The summed E-state index contributed by atoms with van der Waals surface area (Å²) < 4.78 is 5.44. The van der Waals surface area contributed by atoms with Crippen LogP contribution < -0.4 is 10.1 Å². The summed E-state index contributed by atoms with van der Waals surface area (Å²) in [5.74, 6) is 3.02. The Bertz CT molecular complexity index is 1180. The van der Waals surface area contributed by atoms with Gasteiger partial charge in [0.25, 0.3) is 0 Å². The second-order valence-electron chi connectivity index (χ2n) is 7.72. The Labute approximate surface area is 192 Å². The summed E-state index contributed by atoms with van der Waals surface area (Å²) >= 11 is 11.8. The average molecular weight is 459 g/mol. The van der Waals surface area contributed by atoms with Gasteiger partial charge in [-0.2, -0.15) is 0 Å². The van der Waals surface area contributed by atoms with Crippen LogP contribution in [-0.2, 0) is 0 Å². The molecule has 31 heavy (non-hydrogen) atoms. The van der Waals surface area contributed by atoms with Crippen LogP contribution in [0.3, 0.4) is 0 Å². The van der Waals surface area contributed by atoms with Crippen molar-refractivity contribution < 1.29 is 4.74 Å². The van der Waals surface area contributed by atoms with Crippen LogP contribution in [0.15, 0.2) is 36.5 Å². The average Bonchev–Trinajstić information content (AvgIpc) is 3.15. The second-order valence-corrected chi connectivity index (χ2v) is 8.47. The maximum absolute atomic E-state index is 5.90. The minimum atomic E-state index is 0.625. The molecule has 0 radical (unpaired) electrons. The highest BCUT2D eigenvalue weighted by molar-refractivity contribution is 6.18. The monoisotopic (exact) mass is 458 g/mol. The molecule has 0 fully saturated rings. The van der Waals surface area contributed by atoms with E-state index in [1.165, 1.54) is 16.3 Å². The molecule has 0 amide bonds. The Morgan fingerprint density at radius 1 is 1.00 bits per heavy atom. The summed E-state index contributed by atoms with van der Waals surface area (Å²) in [6.45, 7) is 5.69. The van der Waals surface area contributed by atoms with Gasteiger partial charge in [0.05, 0.1) is 12.6 Å². The fourth-order valence-electron chi connectivity index (χ4n) is 4.21. The van der Waals surface area contributed by atoms with Crippen molar-refractivity contribution in [2.45, 2.75) is 13.3 Å². The predicted molar refractivity (Wildman–Crippen MR) is 133 cm³/mol. The summed E-state index contributed by atoms with van der Waals surface area (Å²) in [5, 5.41) is 8.23. The van der Waals surface area contributed by atoms with Crippen LogP contribution in [0.4, 0.5) is 5.82 Å². The van der Waals surface area contributed by atoms with Gasteiger partial charge >= 0.3 is 0 Å². The van der Waals surface area contributed by atoms with E-state index < -0.39 is 0 Å². The highest BCUT2D eigenvalue weighted by Gasteiger charge is 2.13. The first-order valence-corrected chi connectivity index (χ1v) is 11.7. The number of rotatable bonds is 10. The molecule has 4 aromatic rings. The Morgan fingerprint density at radius 2 is 1.81 bits per heavy atom. The number of aromatic amines is 1. The van der Waals surface area contributed by atoms with E-state index >= 15 is 0 Å². The number of anilines is 1. The van der Waals surface area contributed by atoms with Gasteiger partial charge in [0.15, 0.2) is 0 Å². The minimum Gasteiger partial charge on any atom is -0.497 e. The fourth-order valence-corrected chi connectivity index (χ4v) is 4.69. The molecule has 0 aliphatic rings. The van der Waals surface area contributed by atoms with Crippen molar-refractivity contribution in [2.24, 2.45) is 0 Å². The van der Waals surface area contributed by atoms with E-state index in [1.807, 2.05) is 12.3 Å². The molecule has 2 N–H and O–H groups in total. The molecule has 164 valence electrons. The summed E-state index contributed by atoms with van der Waals surface area (Å²) in [6, 6.07) is 10.5. The Morgan fingerprint density at radius 3 is 2.55 bits per heavy atom. The van der Waals surface area contributed by atoms with Gasteiger partial charge in [-0.15, -0.1) is 23.2 Å². The number of halogens is 2. The molecule has 0 saturated heterocycles. The van der Waals surface area contributed by atoms with Crippen LogP contribution in [0.25, 0.3) is 32.6 Å². The van der Waals surface area contributed by atoms with Crippen LogP contribution in [-0.4, -0.2) is 59.9 Å². The number of fused-ring (bicyclic) bond motifs is 4. The van der Waals surface area contributed by atoms with Gasteiger partial charge in [-0.05, 0) is 61.2 Å². The largest absolute Gasteiger partial charge is 0.497 e. The molecule has 0 saturated carbocycles. The molecule has 7 heteroatoms. The molecule has 5 nitrogen and oxygen atoms in total. The summed E-state index contributed by atoms with van der Waals surface area (Å²) in [7, 11) is 1.70. The van der Waals surface area contributed by atoms with Gasteiger partial charge in [-0.25, -0.2) is 4.98 Å². The van der Waals surface area contributed by atoms with E-state index in [1.54, 1.807) is 7.11 Å². The number of ether oxygens (including phenoxy) is 1. The first kappa shape index (κ1) is 22.0. The molecule has 0 unspecified atom stereocenters. The Balaban J connectivity index is 1.63. The first-order chi connectivity index (χ1) is 15.2. The van der Waals surface area contributed by atoms with Crippen LogP contribution in [0.5, 0.6) is 5.75 Å². The number of aromatic nitrogens is 2. The lowest BCUT2D eigenvalue weighted by Crippen LogP contribution is -2.30. The van der Waals surface area contributed by atoms with Crippen molar-refractivity contribution in [1.29, 1.82) is 0 Å². The maximum Gasteiger partial charge on any atom is 0.133 e. The molecule has 4 rings (SSSR count). The standard InChI is InChI=1S/C24H28Cl2N4O/c1-16-18-6-10-28-24(27-9-3-11-30(12-7-25)13-8-26)21(18)15-20-19-14-17(31-2)4-5-22(19)29-23(16)20/h4-6,10,14-15,29H,3,7-9,11-13H2,1-2H3,(H,27,28). The number of aryl methyl sites for hydroxylation is 1. The van der Waals surface area contributed by atoms with Crippen LogP contribution in [0, 0.1) is 6.92 Å². The van der Waals surface area contributed by atoms with E-state index in [9.17, 15) is 0 Å². The van der Waals surface area contributed by atoms with Crippen molar-refractivity contribution in [3.63, 3.8) is 0 Å². The van der Waals surface area contributed by atoms with E-state index in [0.29, 0.717) is 11.8 Å². The zero-order valence-corrected chi connectivity index (χ0v) is 19.5. The van der Waals surface area contributed by atoms with Gasteiger partial charge < -0.3 is 19.9 Å². The Hall–Kier alpha value is -2.21. The van der Waals surface area contributed by atoms with E-state index in [2.05, 4.69) is 51.4 Å². The summed E-state index contributed by atoms with van der Waals surface area (Å²) in [4.78, 5) is 10.5. The van der Waals surface area contributed by atoms with Gasteiger partial charge in [0.2, 0.25) is 0 Å². The highest BCUT2D eigenvalue weighted by atomic mass is 35.5. The molecule has 0 atom stereocenters. The molecule has 2 aromatic carbocycles. The quantitative estimate of drug-likeness (QED) is 0.234. The molecule has 2 aromatic heterocycles. The number of nitrogens with zero attached hydrogens (tertiary/aromatic N) is 2. The number of methoxy groups -OCH3 is 1. The zero-order chi connectivity index (χ0) is 21.8. The lowest BCUT2D eigenvalue weighted by atomic mass is 10.0. The zero-order valence-electron chi connectivity index (χ0n) is 18.0. The normalized spacial score (nSPS) is 11.8. The molecule has 0 bridgehead atoms. The fraction of sp³-hybridized carbons (Fsp3) is 0.375. The number of pyridine rings is 1. The Kier molecular flexibility index (Phi) is 7.06. The minimum absolute atomic E-state index is 0.625. The molecule has 2 heterocycles. The molecular weight excluding hydrogens is 431 g/mol. The third-order valence-corrected chi connectivity index (χ3v) is 6.19. The number of hydrogen-bond donors (Lipinski definition) is 2. The van der Waals surface area contributed by atoms with Gasteiger partial charge in [0.1, 0.15) is 11.6 Å². The molecule has 0 spiro atoms. The third kappa shape index (κ3) is 4.54. The van der Waals surface area contributed by atoms with E-state index in [-0.39, 0.29) is 0 Å². The molecule has 0 aliphatic carbocycles. The van der Waals surface area contributed by atoms with Gasteiger partial charge in [-0.3, -0.25) is 0 Å². The maximum atomic E-state index is 5.90. The predicted octanol–water partition coefficient (Wildman–Crippen LogP) is 5.77. The number of nitrogens with one attached hydrogen (secondary N) is 2. The van der Waals surface area contributed by atoms with E-state index in [0.717, 1.165) is 66.0 Å². The van der Waals surface area contributed by atoms with Crippen molar-refractivity contribution in [3.8, 4) is 5.75 Å². The van der Waals surface area contributed by atoms with Crippen molar-refractivity contribution in [3.05, 3.63) is 42.1 Å². The number of alkyl halides is 2. The van der Waals surface area contributed by atoms with Crippen LogP contribution in [0.1, 0.15) is 12.0 Å². The molecular formula is C24H28Cl2N4O. The summed E-state index contributed by atoms with van der Waals surface area (Å²) in [6.07, 6.45) is 2.87. The lowest BCUT2D eigenvalue weighted by molar-refractivity contribution is 0.306. The highest BCUT2D eigenvalue weighted by Crippen LogP contribution is 2.36. The number of H-pyrrole nitrogens is 1. The van der Waals surface area contributed by atoms with Crippen LogP contribution in [0.2, 0.25) is 0 Å².